The zero-order valence-electron chi connectivity index (χ0n) is 13.1. The van der Waals surface area contributed by atoms with E-state index in [1.807, 2.05) is 11.8 Å². The van der Waals surface area contributed by atoms with Crippen molar-refractivity contribution in [1.29, 1.82) is 0 Å². The van der Waals surface area contributed by atoms with Crippen LogP contribution in [0.1, 0.15) is 39.5 Å². The van der Waals surface area contributed by atoms with E-state index in [9.17, 15) is 9.59 Å². The second-order valence-electron chi connectivity index (χ2n) is 5.91. The maximum Gasteiger partial charge on any atom is 0.407 e. The molecule has 0 spiro atoms. The largest absolute Gasteiger partial charge is 0.450 e. The van der Waals surface area contributed by atoms with E-state index in [4.69, 9.17) is 4.74 Å². The zero-order valence-corrected chi connectivity index (χ0v) is 13.1. The first-order valence-corrected chi connectivity index (χ1v) is 8.08. The van der Waals surface area contributed by atoms with Crippen LogP contribution in [0.3, 0.4) is 0 Å². The Morgan fingerprint density at radius 3 is 2.62 bits per heavy atom. The summed E-state index contributed by atoms with van der Waals surface area (Å²) in [4.78, 5) is 28.1. The predicted molar refractivity (Wildman–Crippen MR) is 80.0 cm³/mol. The van der Waals surface area contributed by atoms with Gasteiger partial charge in [-0.1, -0.05) is 0 Å². The summed E-state index contributed by atoms with van der Waals surface area (Å²) in [6.07, 6.45) is 3.81. The minimum absolute atomic E-state index is 0.0756. The van der Waals surface area contributed by atoms with E-state index in [1.54, 1.807) is 6.92 Å². The lowest BCUT2D eigenvalue weighted by Crippen LogP contribution is -2.54. The number of carbonyl (C=O) groups is 2. The van der Waals surface area contributed by atoms with Crippen molar-refractivity contribution >= 4 is 12.0 Å². The third kappa shape index (κ3) is 4.33. The van der Waals surface area contributed by atoms with Crippen molar-refractivity contribution in [2.75, 3.05) is 32.8 Å². The molecule has 0 aromatic carbocycles. The quantitative estimate of drug-likeness (QED) is 0.847. The lowest BCUT2D eigenvalue weighted by molar-refractivity contribution is -0.135. The molecule has 0 unspecified atom stereocenters. The van der Waals surface area contributed by atoms with Crippen LogP contribution in [0.4, 0.5) is 4.79 Å². The Morgan fingerprint density at radius 1 is 1.24 bits per heavy atom. The lowest BCUT2D eigenvalue weighted by Gasteiger charge is -2.37. The molecule has 0 bridgehead atoms. The van der Waals surface area contributed by atoms with Gasteiger partial charge >= 0.3 is 6.09 Å². The van der Waals surface area contributed by atoms with E-state index >= 15 is 0 Å². The van der Waals surface area contributed by atoms with Gasteiger partial charge < -0.3 is 15.0 Å². The molecule has 0 aromatic rings. The third-order valence-electron chi connectivity index (χ3n) is 4.37. The molecule has 2 saturated heterocycles. The van der Waals surface area contributed by atoms with Crippen LogP contribution in [0.5, 0.6) is 0 Å². The highest BCUT2D eigenvalue weighted by Crippen LogP contribution is 2.17. The van der Waals surface area contributed by atoms with E-state index in [0.717, 1.165) is 51.9 Å². The molecule has 2 heterocycles. The van der Waals surface area contributed by atoms with Crippen LogP contribution in [0.15, 0.2) is 0 Å². The van der Waals surface area contributed by atoms with Gasteiger partial charge in [0.25, 0.3) is 0 Å². The second kappa shape index (κ2) is 7.64. The smallest absolute Gasteiger partial charge is 0.407 e. The SMILES string of the molecule is CCOC(=O)N[C@H]1CCCN([C@H](C)C(=O)N2CCCC2)C1. The van der Waals surface area contributed by atoms with Gasteiger partial charge in [-0.05, 0) is 46.1 Å². The van der Waals surface area contributed by atoms with Crippen LogP contribution in [0.25, 0.3) is 0 Å². The molecule has 120 valence electrons. The van der Waals surface area contributed by atoms with E-state index in [1.165, 1.54) is 0 Å². The van der Waals surface area contributed by atoms with Gasteiger partial charge in [0.2, 0.25) is 5.91 Å². The van der Waals surface area contributed by atoms with Gasteiger partial charge in [0.15, 0.2) is 0 Å². The van der Waals surface area contributed by atoms with Crippen molar-refractivity contribution in [1.82, 2.24) is 15.1 Å². The average molecular weight is 297 g/mol. The molecule has 0 aliphatic carbocycles. The maximum atomic E-state index is 12.4. The summed E-state index contributed by atoms with van der Waals surface area (Å²) >= 11 is 0. The second-order valence-corrected chi connectivity index (χ2v) is 5.91. The molecule has 2 rings (SSSR count). The average Bonchev–Trinajstić information content (AvgIpc) is 3.00. The van der Waals surface area contributed by atoms with Crippen molar-refractivity contribution in [3.8, 4) is 0 Å². The molecule has 2 atom stereocenters. The summed E-state index contributed by atoms with van der Waals surface area (Å²) < 4.78 is 4.93. The van der Waals surface area contributed by atoms with Crippen molar-refractivity contribution in [2.24, 2.45) is 0 Å². The van der Waals surface area contributed by atoms with Gasteiger partial charge in [0.05, 0.1) is 12.6 Å². The number of ether oxygens (including phenoxy) is 1. The van der Waals surface area contributed by atoms with Crippen LogP contribution in [-0.2, 0) is 9.53 Å². The first-order chi connectivity index (χ1) is 10.1. The van der Waals surface area contributed by atoms with Gasteiger partial charge in [0.1, 0.15) is 0 Å². The number of nitrogens with zero attached hydrogens (tertiary/aromatic N) is 2. The Hall–Kier alpha value is -1.30. The van der Waals surface area contributed by atoms with Crippen LogP contribution >= 0.6 is 0 Å². The molecule has 6 heteroatoms. The molecular formula is C15H27N3O3. The Labute approximate surface area is 126 Å². The molecular weight excluding hydrogens is 270 g/mol. The van der Waals surface area contributed by atoms with E-state index in [-0.39, 0.29) is 24.1 Å². The number of hydrogen-bond acceptors (Lipinski definition) is 4. The molecule has 2 aliphatic heterocycles. The monoisotopic (exact) mass is 297 g/mol. The minimum Gasteiger partial charge on any atom is -0.450 e. The standard InChI is InChI=1S/C15H27N3O3/c1-3-21-15(20)16-13-7-6-10-18(11-13)12(2)14(19)17-8-4-5-9-17/h12-13H,3-11H2,1-2H3,(H,16,20)/t12-,13+/m1/s1. The molecule has 0 saturated carbocycles. The number of hydrogen-bond donors (Lipinski definition) is 1. The van der Waals surface area contributed by atoms with E-state index in [2.05, 4.69) is 10.2 Å². The van der Waals surface area contributed by atoms with Gasteiger partial charge in [-0.15, -0.1) is 0 Å². The summed E-state index contributed by atoms with van der Waals surface area (Å²) in [6, 6.07) is -0.0264. The highest BCUT2D eigenvalue weighted by molar-refractivity contribution is 5.81. The van der Waals surface area contributed by atoms with Crippen molar-refractivity contribution in [2.45, 2.75) is 51.6 Å². The highest BCUT2D eigenvalue weighted by atomic mass is 16.5. The minimum atomic E-state index is -0.358. The fraction of sp³-hybridized carbons (Fsp3) is 0.867. The number of rotatable bonds is 4. The van der Waals surface area contributed by atoms with Crippen molar-refractivity contribution < 1.29 is 14.3 Å². The number of likely N-dealkylation sites (tertiary alicyclic amines) is 2. The molecule has 2 aliphatic rings. The normalized spacial score (nSPS) is 24.7. The highest BCUT2D eigenvalue weighted by Gasteiger charge is 2.31. The number of nitrogens with one attached hydrogen (secondary N) is 1. The summed E-state index contributed by atoms with van der Waals surface area (Å²) in [5, 5.41) is 2.89. The lowest BCUT2D eigenvalue weighted by atomic mass is 10.0. The molecule has 2 amide bonds. The first kappa shape index (κ1) is 16.1. The predicted octanol–water partition coefficient (Wildman–Crippen LogP) is 1.21. The fourth-order valence-corrected chi connectivity index (χ4v) is 3.17. The zero-order chi connectivity index (χ0) is 15.2. The summed E-state index contributed by atoms with van der Waals surface area (Å²) in [5.41, 5.74) is 0. The maximum absolute atomic E-state index is 12.4. The molecule has 6 nitrogen and oxygen atoms in total. The molecule has 0 aromatic heterocycles. The molecule has 21 heavy (non-hydrogen) atoms. The number of carbonyl (C=O) groups excluding carboxylic acids is 2. The van der Waals surface area contributed by atoms with Crippen LogP contribution < -0.4 is 5.32 Å². The van der Waals surface area contributed by atoms with Crippen molar-refractivity contribution in [3.63, 3.8) is 0 Å². The topological polar surface area (TPSA) is 61.9 Å². The van der Waals surface area contributed by atoms with Crippen molar-refractivity contribution in [3.05, 3.63) is 0 Å². The Kier molecular flexibility index (Phi) is 5.85. The van der Waals surface area contributed by atoms with Crippen LogP contribution in [0, 0.1) is 0 Å². The molecule has 1 N–H and O–H groups in total. The van der Waals surface area contributed by atoms with Gasteiger partial charge in [-0.3, -0.25) is 9.69 Å². The van der Waals surface area contributed by atoms with E-state index < -0.39 is 0 Å². The summed E-state index contributed by atoms with van der Waals surface area (Å²) in [7, 11) is 0. The molecule has 2 fully saturated rings. The fourth-order valence-electron chi connectivity index (χ4n) is 3.17. The van der Waals surface area contributed by atoms with Gasteiger partial charge in [-0.25, -0.2) is 4.79 Å². The number of piperidine rings is 1. The Balaban J connectivity index is 1.84. The summed E-state index contributed by atoms with van der Waals surface area (Å²) in [5.74, 6) is 0.226. The molecule has 0 radical (unpaired) electrons. The first-order valence-electron chi connectivity index (χ1n) is 8.08. The number of amides is 2. The summed E-state index contributed by atoms with van der Waals surface area (Å²) in [6.45, 7) is 7.58. The van der Waals surface area contributed by atoms with Gasteiger partial charge in [0, 0.05) is 25.7 Å². The Morgan fingerprint density at radius 2 is 1.95 bits per heavy atom. The number of alkyl carbamates (subject to hydrolysis) is 1. The Bertz CT molecular complexity index is 369. The third-order valence-corrected chi connectivity index (χ3v) is 4.37. The van der Waals surface area contributed by atoms with Crippen LogP contribution in [0.2, 0.25) is 0 Å². The van der Waals surface area contributed by atoms with Gasteiger partial charge in [-0.2, -0.15) is 0 Å². The van der Waals surface area contributed by atoms with Crippen LogP contribution in [-0.4, -0.2) is 66.7 Å². The van der Waals surface area contributed by atoms with E-state index in [0.29, 0.717) is 6.61 Å².